The van der Waals surface area contributed by atoms with Gasteiger partial charge >= 0.3 is 0 Å². The maximum absolute atomic E-state index is 3.24. The van der Waals surface area contributed by atoms with E-state index in [1.165, 1.54) is 0 Å². The maximum atomic E-state index is 3.24. The molecular formula is C42H102Si10. The molecule has 0 saturated carbocycles. The van der Waals surface area contributed by atoms with Crippen molar-refractivity contribution in [3.8, 4) is 0 Å². The van der Waals surface area contributed by atoms with E-state index in [2.05, 4.69) is 205 Å². The lowest BCUT2D eigenvalue weighted by Crippen LogP contribution is -2.97. The van der Waals surface area contributed by atoms with Crippen LogP contribution >= 0.6 is 0 Å². The molecule has 0 aliphatic carbocycles. The van der Waals surface area contributed by atoms with Crippen molar-refractivity contribution in [1.82, 2.24) is 0 Å². The minimum absolute atomic E-state index is 0.481. The summed E-state index contributed by atoms with van der Waals surface area (Å²) in [6.45, 7) is 86.8. The van der Waals surface area contributed by atoms with Crippen LogP contribution in [0.25, 0.3) is 0 Å². The first-order valence-corrected chi connectivity index (χ1v) is 55.7. The van der Waals surface area contributed by atoms with E-state index in [1.807, 2.05) is 0 Å². The Balaban J connectivity index is 5.83. The van der Waals surface area contributed by atoms with Crippen molar-refractivity contribution in [3.63, 3.8) is 0 Å². The van der Waals surface area contributed by atoms with Crippen LogP contribution in [0.4, 0.5) is 0 Å². The molecule has 0 bridgehead atoms. The quantitative estimate of drug-likeness (QED) is 0.113. The van der Waals surface area contributed by atoms with Gasteiger partial charge in [0.1, 0.15) is 0 Å². The van der Waals surface area contributed by atoms with Crippen molar-refractivity contribution in [2.75, 3.05) is 0 Å². The summed E-state index contributed by atoms with van der Waals surface area (Å²) in [7, 11) is -10.7. The van der Waals surface area contributed by atoms with Gasteiger partial charge < -0.3 is 0 Å². The summed E-state index contributed by atoms with van der Waals surface area (Å²) < 4.78 is 0. The van der Waals surface area contributed by atoms with Gasteiger partial charge in [0.15, 0.2) is 0 Å². The van der Waals surface area contributed by atoms with Crippen molar-refractivity contribution in [3.05, 3.63) is 0 Å². The highest BCUT2D eigenvalue weighted by atomic mass is 30.6. The summed E-state index contributed by atoms with van der Waals surface area (Å²) in [6.07, 6.45) is -3.74. The van der Waals surface area contributed by atoms with E-state index in [0.29, 0.717) is 0 Å². The predicted octanol–water partition coefficient (Wildman–Crippen LogP) is 16.1. The van der Waals surface area contributed by atoms with Crippen LogP contribution in [0.1, 0.15) is 166 Å². The van der Waals surface area contributed by atoms with E-state index in [1.54, 1.807) is 0 Å². The average Bonchev–Trinajstić information content (AvgIpc) is 3.69. The second kappa shape index (κ2) is 17.0. The van der Waals surface area contributed by atoms with Gasteiger partial charge in [-0.3, -0.25) is 0 Å². The van der Waals surface area contributed by atoms with E-state index in [4.69, 9.17) is 0 Å². The average molecular weight is 888 g/mol. The van der Waals surface area contributed by atoms with Crippen LogP contribution in [0.2, 0.25) is 106 Å². The van der Waals surface area contributed by atoms with Crippen LogP contribution in [-0.4, -0.2) is 71.7 Å². The molecule has 0 spiro atoms. The summed E-state index contributed by atoms with van der Waals surface area (Å²) in [4.78, 5) is 0. The van der Waals surface area contributed by atoms with Crippen molar-refractivity contribution >= 4 is 71.7 Å². The second-order valence-electron chi connectivity index (χ2n) is 23.8. The summed E-state index contributed by atoms with van der Waals surface area (Å²) in [5, 5.41) is 0. The Kier molecular flexibility index (Phi) is 17.1. The SMILES string of the molecule is CC(C)[Si](C)(C(C)C)[Si]1=[Si]([Si]([Si](C)(C(C)C)C(C)C)([Si](C)(C(C)C)C(C)C)[Si](C)(C(C)C)C(C)C)[Si]1([Si](C)(C(C)C)C(C)C)[Si](C)(C(C)C)C(C)C. The minimum Gasteiger partial charge on any atom is -0.0711 e. The van der Waals surface area contributed by atoms with Crippen LogP contribution in [0.3, 0.4) is 0 Å². The number of hydrogen-bond donors (Lipinski definition) is 0. The molecule has 10 heteroatoms. The topological polar surface area (TPSA) is 0 Å². The fraction of sp³-hybridized carbons (Fsp3) is 1.00. The molecular weight excluding hydrogens is 785 g/mol. The lowest BCUT2D eigenvalue weighted by atomic mass is 10.5. The Morgan fingerprint density at radius 1 is 0.269 bits per heavy atom. The lowest BCUT2D eigenvalue weighted by Gasteiger charge is -2.72. The zero-order chi connectivity index (χ0) is 42.1. The van der Waals surface area contributed by atoms with E-state index in [9.17, 15) is 0 Å². The molecule has 0 N–H and O–H groups in total. The smallest absolute Gasteiger partial charge is 0.0577 e. The first kappa shape index (κ1) is 52.2. The zero-order valence-electron chi connectivity index (χ0n) is 41.9. The number of hydrogen-bond acceptors (Lipinski definition) is 0. The molecule has 0 aromatic rings. The molecule has 1 heterocycles. The Hall–Kier alpha value is 2.17. The minimum atomic E-state index is -1.97. The Morgan fingerprint density at radius 3 is 0.596 bits per heavy atom. The monoisotopic (exact) mass is 887 g/mol. The molecule has 0 saturated heterocycles. The third-order valence-electron chi connectivity index (χ3n) is 20.3. The van der Waals surface area contributed by atoms with Crippen LogP contribution in [0, 0.1) is 0 Å². The summed E-state index contributed by atoms with van der Waals surface area (Å²) >= 11 is 0. The van der Waals surface area contributed by atoms with E-state index in [-0.39, 0.29) is 0 Å². The van der Waals surface area contributed by atoms with Gasteiger partial charge in [0.05, 0.1) is 13.7 Å². The molecule has 0 unspecified atom stereocenters. The van der Waals surface area contributed by atoms with Gasteiger partial charge in [0, 0.05) is 44.1 Å². The van der Waals surface area contributed by atoms with Gasteiger partial charge in [-0.15, -0.1) is 0 Å². The molecule has 0 fully saturated rings. The number of rotatable bonds is 19. The normalized spacial score (nSPS) is 17.7. The van der Waals surface area contributed by atoms with E-state index >= 15 is 0 Å². The largest absolute Gasteiger partial charge is 0.0711 e. The zero-order valence-corrected chi connectivity index (χ0v) is 51.9. The molecule has 1 aliphatic heterocycles. The van der Waals surface area contributed by atoms with Crippen LogP contribution in [-0.2, 0) is 0 Å². The summed E-state index contributed by atoms with van der Waals surface area (Å²) in [5.74, 6) is 0. The van der Waals surface area contributed by atoms with Crippen molar-refractivity contribution in [1.29, 1.82) is 0 Å². The molecule has 0 amide bonds. The van der Waals surface area contributed by atoms with E-state index in [0.717, 1.165) is 66.5 Å². The fourth-order valence-corrected chi connectivity index (χ4v) is 597. The van der Waals surface area contributed by atoms with Crippen molar-refractivity contribution < 1.29 is 0 Å². The first-order chi connectivity index (χ1) is 23.1. The third kappa shape index (κ3) is 6.48. The lowest BCUT2D eigenvalue weighted by molar-refractivity contribution is 0.900. The fourth-order valence-electron chi connectivity index (χ4n) is 14.5. The van der Waals surface area contributed by atoms with Gasteiger partial charge in [0.2, 0.25) is 0 Å². The first-order valence-electron chi connectivity index (χ1n) is 22.8. The van der Waals surface area contributed by atoms with Crippen molar-refractivity contribution in [2.45, 2.75) is 272 Å². The molecule has 0 aromatic heterocycles. The maximum Gasteiger partial charge on any atom is 0.0577 e. The standard InChI is InChI=1S/C42H102Si10/c1-31(2)45(25,32(3)4)43-44(51(43,46(26,33(5)6)34(7)8)47(27,35(9)10)36(11)12)52(48(28,37(13)14)38(15)16,49(29,39(17)18)40(19)20)50(30,41(21)22)42(23)24/h31-42H,1-30H3. The molecule has 52 heavy (non-hydrogen) atoms. The molecule has 310 valence electrons. The van der Waals surface area contributed by atoms with Crippen LogP contribution in [0.15, 0.2) is 0 Å². The Bertz CT molecular complexity index is 1100. The summed E-state index contributed by atoms with van der Waals surface area (Å²) in [5.41, 5.74) is 11.0. The van der Waals surface area contributed by atoms with Gasteiger partial charge in [-0.1, -0.05) is 272 Å². The Labute approximate surface area is 341 Å². The molecule has 0 radical (unpaired) electrons. The van der Waals surface area contributed by atoms with Gasteiger partial charge in [0.25, 0.3) is 0 Å². The van der Waals surface area contributed by atoms with Crippen LogP contribution < -0.4 is 0 Å². The molecule has 1 aliphatic rings. The van der Waals surface area contributed by atoms with Crippen molar-refractivity contribution in [2.24, 2.45) is 0 Å². The van der Waals surface area contributed by atoms with Gasteiger partial charge in [-0.25, -0.2) is 0 Å². The Morgan fingerprint density at radius 2 is 0.462 bits per heavy atom. The highest BCUT2D eigenvalue weighted by molar-refractivity contribution is 8.38. The molecule has 0 aromatic carbocycles. The second-order valence-corrected chi connectivity index (χ2v) is 131. The third-order valence-corrected chi connectivity index (χ3v) is 287. The van der Waals surface area contributed by atoms with Gasteiger partial charge in [-0.2, -0.15) is 0 Å². The van der Waals surface area contributed by atoms with E-state index < -0.39 is 71.7 Å². The van der Waals surface area contributed by atoms with Crippen LogP contribution in [0.5, 0.6) is 0 Å². The summed E-state index contributed by atoms with van der Waals surface area (Å²) in [6, 6.07) is 0. The molecule has 1 rings (SSSR count). The highest BCUT2D eigenvalue weighted by Crippen LogP contribution is 2.67. The predicted molar refractivity (Wildman–Crippen MR) is 274 cm³/mol. The van der Waals surface area contributed by atoms with Gasteiger partial charge in [-0.05, 0) is 13.9 Å². The molecule has 0 nitrogen and oxygen atoms in total. The highest BCUT2D eigenvalue weighted by Gasteiger charge is 2.88. The molecule has 0 atom stereocenters.